The van der Waals surface area contributed by atoms with E-state index in [2.05, 4.69) is 59.8 Å². The third-order valence-electron chi connectivity index (χ3n) is 5.68. The first-order chi connectivity index (χ1) is 13.7. The smallest absolute Gasteiger partial charge is 0.263 e. The lowest BCUT2D eigenvalue weighted by molar-refractivity contribution is 0.653. The number of nitrogens with zero attached hydrogens (tertiary/aromatic N) is 2. The number of hydrogen-bond acceptors (Lipinski definition) is 3. The highest BCUT2D eigenvalue weighted by molar-refractivity contribution is 7.17. The van der Waals surface area contributed by atoms with E-state index >= 15 is 0 Å². The summed E-state index contributed by atoms with van der Waals surface area (Å²) in [7, 11) is 0. The van der Waals surface area contributed by atoms with E-state index in [1.165, 1.54) is 16.5 Å². The summed E-state index contributed by atoms with van der Waals surface area (Å²) in [5, 5.41) is 4.02. The number of aromatic amines is 1. The molecule has 0 spiro atoms. The summed E-state index contributed by atoms with van der Waals surface area (Å²) in [6, 6.07) is 16.6. The Morgan fingerprint density at radius 2 is 1.93 bits per heavy atom. The number of hydrogen-bond donors (Lipinski definition) is 1. The number of thiophene rings is 1. The van der Waals surface area contributed by atoms with Crippen LogP contribution in [0.2, 0.25) is 0 Å². The molecule has 1 aliphatic heterocycles. The zero-order valence-corrected chi connectivity index (χ0v) is 16.1. The van der Waals surface area contributed by atoms with Crippen molar-refractivity contribution >= 4 is 32.5 Å². The van der Waals surface area contributed by atoms with Crippen molar-refractivity contribution in [1.82, 2.24) is 14.5 Å². The first-order valence-electron chi connectivity index (χ1n) is 9.40. The summed E-state index contributed by atoms with van der Waals surface area (Å²) < 4.78 is 1.84. The minimum absolute atomic E-state index is 0.0566. The number of aryl methyl sites for hydroxylation is 2. The molecule has 4 nitrogen and oxygen atoms in total. The Morgan fingerprint density at radius 1 is 1.11 bits per heavy atom. The quantitative estimate of drug-likeness (QED) is 0.436. The summed E-state index contributed by atoms with van der Waals surface area (Å²) in [6.07, 6.45) is 0.837. The fourth-order valence-corrected chi connectivity index (χ4v) is 5.18. The SMILES string of the molecule is Cc1ccc(-c2csc3nc4n(c(=O)c23)CCc2c-4[nH]c3ccccc23)cc1. The van der Waals surface area contributed by atoms with Crippen LogP contribution in [0.4, 0.5) is 0 Å². The largest absolute Gasteiger partial charge is 0.352 e. The van der Waals surface area contributed by atoms with E-state index in [9.17, 15) is 4.79 Å². The molecule has 2 aromatic carbocycles. The number of benzene rings is 2. The van der Waals surface area contributed by atoms with Gasteiger partial charge in [0, 0.05) is 28.4 Å². The molecule has 0 unspecified atom stereocenters. The van der Waals surface area contributed by atoms with Crippen molar-refractivity contribution in [3.05, 3.63) is 75.4 Å². The van der Waals surface area contributed by atoms with Gasteiger partial charge in [0.05, 0.1) is 11.1 Å². The van der Waals surface area contributed by atoms with E-state index in [1.54, 1.807) is 11.3 Å². The van der Waals surface area contributed by atoms with Gasteiger partial charge in [0.1, 0.15) is 4.83 Å². The van der Waals surface area contributed by atoms with Crippen molar-refractivity contribution in [2.75, 3.05) is 0 Å². The molecule has 0 saturated heterocycles. The fraction of sp³-hybridized carbons (Fsp3) is 0.130. The molecule has 1 aliphatic rings. The standard InChI is InChI=1S/C23H17N3OS/c1-13-6-8-14(9-7-13)17-12-28-22-19(17)23(27)26-11-10-16-15-4-2-3-5-18(15)24-20(16)21(26)25-22/h2-9,12,24H,10-11H2,1H3. The first kappa shape index (κ1) is 15.8. The van der Waals surface area contributed by atoms with Crippen LogP contribution in [0.1, 0.15) is 11.1 Å². The number of H-pyrrole nitrogens is 1. The van der Waals surface area contributed by atoms with E-state index in [0.717, 1.165) is 44.8 Å². The summed E-state index contributed by atoms with van der Waals surface area (Å²) in [5.74, 6) is 0.757. The summed E-state index contributed by atoms with van der Waals surface area (Å²) >= 11 is 1.54. The number of rotatable bonds is 1. The lowest BCUT2D eigenvalue weighted by Gasteiger charge is -2.18. The summed E-state index contributed by atoms with van der Waals surface area (Å²) in [5.41, 5.74) is 6.66. The molecule has 136 valence electrons. The molecule has 6 rings (SSSR count). The molecule has 0 saturated carbocycles. The maximum atomic E-state index is 13.4. The van der Waals surface area contributed by atoms with Gasteiger partial charge in [-0.2, -0.15) is 0 Å². The van der Waals surface area contributed by atoms with E-state index in [1.807, 2.05) is 10.6 Å². The van der Waals surface area contributed by atoms with Crippen molar-refractivity contribution in [2.45, 2.75) is 19.9 Å². The number of para-hydroxylation sites is 1. The monoisotopic (exact) mass is 383 g/mol. The molecule has 0 aliphatic carbocycles. The zero-order chi connectivity index (χ0) is 18.8. The number of fused-ring (bicyclic) bond motifs is 6. The van der Waals surface area contributed by atoms with Crippen LogP contribution in [0.3, 0.4) is 0 Å². The Bertz CT molecular complexity index is 1440. The Morgan fingerprint density at radius 3 is 2.79 bits per heavy atom. The Labute approximate surface area is 165 Å². The molecule has 1 N–H and O–H groups in total. The average molecular weight is 383 g/mol. The third-order valence-corrected chi connectivity index (χ3v) is 6.55. The van der Waals surface area contributed by atoms with Crippen LogP contribution >= 0.6 is 11.3 Å². The molecule has 0 atom stereocenters. The highest BCUT2D eigenvalue weighted by atomic mass is 32.1. The van der Waals surface area contributed by atoms with Crippen molar-refractivity contribution < 1.29 is 0 Å². The van der Waals surface area contributed by atoms with Crippen LogP contribution < -0.4 is 5.56 Å². The highest BCUT2D eigenvalue weighted by Gasteiger charge is 2.25. The molecule has 0 radical (unpaired) electrons. The molecule has 0 bridgehead atoms. The molecule has 28 heavy (non-hydrogen) atoms. The lowest BCUT2D eigenvalue weighted by Crippen LogP contribution is -2.27. The molecule has 0 amide bonds. The Kier molecular flexibility index (Phi) is 3.20. The van der Waals surface area contributed by atoms with Gasteiger partial charge in [-0.05, 0) is 30.5 Å². The van der Waals surface area contributed by atoms with E-state index in [0.29, 0.717) is 6.54 Å². The normalized spacial score (nSPS) is 13.0. The molecule has 3 aromatic heterocycles. The predicted octanol–water partition coefficient (Wildman–Crippen LogP) is 5.14. The van der Waals surface area contributed by atoms with Gasteiger partial charge in [-0.25, -0.2) is 4.98 Å². The molecule has 4 heterocycles. The highest BCUT2D eigenvalue weighted by Crippen LogP contribution is 2.36. The molecular weight excluding hydrogens is 366 g/mol. The zero-order valence-electron chi connectivity index (χ0n) is 15.3. The first-order valence-corrected chi connectivity index (χ1v) is 10.3. The number of nitrogens with one attached hydrogen (secondary N) is 1. The summed E-state index contributed by atoms with van der Waals surface area (Å²) in [6.45, 7) is 2.73. The minimum Gasteiger partial charge on any atom is -0.352 e. The van der Waals surface area contributed by atoms with Crippen LogP contribution in [0.15, 0.2) is 58.7 Å². The van der Waals surface area contributed by atoms with E-state index in [4.69, 9.17) is 4.98 Å². The van der Waals surface area contributed by atoms with E-state index < -0.39 is 0 Å². The van der Waals surface area contributed by atoms with Gasteiger partial charge in [-0.1, -0.05) is 48.0 Å². The molecule has 0 fully saturated rings. The number of aromatic nitrogens is 3. The van der Waals surface area contributed by atoms with Crippen LogP contribution in [0.25, 0.3) is 43.8 Å². The van der Waals surface area contributed by atoms with Crippen molar-refractivity contribution in [3.63, 3.8) is 0 Å². The van der Waals surface area contributed by atoms with Crippen LogP contribution in [-0.2, 0) is 13.0 Å². The van der Waals surface area contributed by atoms with E-state index in [-0.39, 0.29) is 5.56 Å². The minimum atomic E-state index is 0.0566. The lowest BCUT2D eigenvalue weighted by atomic mass is 10.0. The van der Waals surface area contributed by atoms with Gasteiger partial charge < -0.3 is 4.98 Å². The van der Waals surface area contributed by atoms with Gasteiger partial charge >= 0.3 is 0 Å². The van der Waals surface area contributed by atoms with Gasteiger partial charge in [-0.15, -0.1) is 11.3 Å². The third kappa shape index (κ3) is 2.11. The fourth-order valence-electron chi connectivity index (χ4n) is 4.24. The maximum Gasteiger partial charge on any atom is 0.263 e. The Hall–Kier alpha value is -3.18. The van der Waals surface area contributed by atoms with Gasteiger partial charge in [0.25, 0.3) is 5.56 Å². The molecule has 5 aromatic rings. The van der Waals surface area contributed by atoms with Crippen molar-refractivity contribution in [2.24, 2.45) is 0 Å². The van der Waals surface area contributed by atoms with Crippen molar-refractivity contribution in [1.29, 1.82) is 0 Å². The van der Waals surface area contributed by atoms with Gasteiger partial charge in [0.2, 0.25) is 0 Å². The Balaban J connectivity index is 1.63. The van der Waals surface area contributed by atoms with Crippen LogP contribution in [0.5, 0.6) is 0 Å². The maximum absolute atomic E-state index is 13.4. The van der Waals surface area contributed by atoms with Crippen molar-refractivity contribution in [3.8, 4) is 22.6 Å². The second-order valence-electron chi connectivity index (χ2n) is 7.36. The molecule has 5 heteroatoms. The topological polar surface area (TPSA) is 50.7 Å². The second-order valence-corrected chi connectivity index (χ2v) is 8.22. The van der Waals surface area contributed by atoms with Crippen LogP contribution in [-0.4, -0.2) is 14.5 Å². The van der Waals surface area contributed by atoms with Gasteiger partial charge in [0.15, 0.2) is 5.82 Å². The van der Waals surface area contributed by atoms with Gasteiger partial charge in [-0.3, -0.25) is 9.36 Å². The van der Waals surface area contributed by atoms with Crippen LogP contribution in [0, 0.1) is 6.92 Å². The predicted molar refractivity (Wildman–Crippen MR) is 115 cm³/mol. The summed E-state index contributed by atoms with van der Waals surface area (Å²) in [4.78, 5) is 22.7. The molecular formula is C23H17N3OS. The second kappa shape index (κ2) is 5.66. The average Bonchev–Trinajstić information content (AvgIpc) is 3.31.